The van der Waals surface area contributed by atoms with Crippen LogP contribution in [0.2, 0.25) is 0 Å². The minimum absolute atomic E-state index is 0.231. The number of aromatic nitrogens is 1. The summed E-state index contributed by atoms with van der Waals surface area (Å²) in [5, 5.41) is 0. The average molecular weight is 489 g/mol. The van der Waals surface area contributed by atoms with Gasteiger partial charge in [-0.05, 0) is 32.6 Å². The fourth-order valence-corrected chi connectivity index (χ4v) is 4.46. The van der Waals surface area contributed by atoms with Crippen molar-refractivity contribution in [2.24, 2.45) is 5.92 Å². The monoisotopic (exact) mass is 488 g/mol. The second-order valence-corrected chi connectivity index (χ2v) is 10.2. The van der Waals surface area contributed by atoms with Crippen molar-refractivity contribution >= 4 is 5.97 Å². The number of hydrogen-bond acceptors (Lipinski definition) is 4. The molecule has 1 aliphatic rings. The van der Waals surface area contributed by atoms with E-state index in [1.54, 1.807) is 6.92 Å². The molecular weight excluding hydrogens is 438 g/mol. The Labute approximate surface area is 214 Å². The molecule has 1 saturated heterocycles. The van der Waals surface area contributed by atoms with Gasteiger partial charge < -0.3 is 14.2 Å². The average Bonchev–Trinajstić information content (AvgIpc) is 2.87. The molecule has 5 heteroatoms. The second kappa shape index (κ2) is 18.5. The number of pyridine rings is 1. The summed E-state index contributed by atoms with van der Waals surface area (Å²) in [7, 11) is 0. The highest BCUT2D eigenvalue weighted by atomic mass is 16.7. The highest BCUT2D eigenvalue weighted by Crippen LogP contribution is 2.27. The molecule has 1 fully saturated rings. The van der Waals surface area contributed by atoms with E-state index in [0.29, 0.717) is 18.1 Å². The maximum Gasteiger partial charge on any atom is 0.333 e. The zero-order valence-corrected chi connectivity index (χ0v) is 22.5. The summed E-state index contributed by atoms with van der Waals surface area (Å²) in [6.45, 7) is 10.6. The molecule has 0 amide bonds. The lowest BCUT2D eigenvalue weighted by Gasteiger charge is -2.29. The van der Waals surface area contributed by atoms with Crippen LogP contribution in [-0.2, 0) is 25.5 Å². The van der Waals surface area contributed by atoms with Crippen molar-refractivity contribution in [1.82, 2.24) is 0 Å². The van der Waals surface area contributed by atoms with Gasteiger partial charge in [-0.2, -0.15) is 0 Å². The van der Waals surface area contributed by atoms with E-state index in [9.17, 15) is 4.79 Å². The van der Waals surface area contributed by atoms with Crippen LogP contribution in [0.3, 0.4) is 0 Å². The lowest BCUT2D eigenvalue weighted by molar-refractivity contribution is -0.697. The molecule has 2 rings (SSSR count). The third-order valence-corrected chi connectivity index (χ3v) is 6.76. The third-order valence-electron chi connectivity index (χ3n) is 6.76. The molecule has 5 nitrogen and oxygen atoms in total. The van der Waals surface area contributed by atoms with Crippen molar-refractivity contribution in [1.29, 1.82) is 0 Å². The third kappa shape index (κ3) is 13.2. The molecule has 0 aliphatic carbocycles. The van der Waals surface area contributed by atoms with Crippen LogP contribution in [-0.4, -0.2) is 25.8 Å². The van der Waals surface area contributed by atoms with E-state index in [0.717, 1.165) is 51.0 Å². The van der Waals surface area contributed by atoms with Crippen LogP contribution in [0.4, 0.5) is 0 Å². The van der Waals surface area contributed by atoms with Crippen LogP contribution in [0, 0.1) is 5.92 Å². The molecule has 1 aliphatic heterocycles. The maximum absolute atomic E-state index is 11.3. The lowest BCUT2D eigenvalue weighted by Crippen LogP contribution is -2.33. The minimum atomic E-state index is -0.291. The van der Waals surface area contributed by atoms with E-state index in [4.69, 9.17) is 14.2 Å². The number of carbonyl (C=O) groups excluding carboxylic acids is 1. The summed E-state index contributed by atoms with van der Waals surface area (Å²) in [5.41, 5.74) is 1.56. The summed E-state index contributed by atoms with van der Waals surface area (Å²) in [5.74, 6) is 0.245. The van der Waals surface area contributed by atoms with E-state index < -0.39 is 0 Å². The first-order valence-corrected chi connectivity index (χ1v) is 14.1. The zero-order valence-electron chi connectivity index (χ0n) is 22.5. The number of aryl methyl sites for hydroxylation is 1. The Morgan fingerprint density at radius 3 is 2.11 bits per heavy atom. The Morgan fingerprint density at radius 1 is 0.914 bits per heavy atom. The topological polar surface area (TPSA) is 48.6 Å². The van der Waals surface area contributed by atoms with Gasteiger partial charge in [0.05, 0.1) is 19.8 Å². The molecule has 0 spiro atoms. The van der Waals surface area contributed by atoms with Gasteiger partial charge in [0, 0.05) is 35.6 Å². The quantitative estimate of drug-likeness (QED) is 0.0891. The number of ether oxygens (including phenoxy) is 3. The first-order valence-electron chi connectivity index (χ1n) is 14.1. The molecule has 2 heterocycles. The fourth-order valence-electron chi connectivity index (χ4n) is 4.46. The maximum atomic E-state index is 11.3. The minimum Gasteiger partial charge on any atom is -0.462 e. The molecule has 0 N–H and O–H groups in total. The summed E-state index contributed by atoms with van der Waals surface area (Å²) >= 11 is 0. The van der Waals surface area contributed by atoms with Gasteiger partial charge in [0.2, 0.25) is 0 Å². The van der Waals surface area contributed by atoms with Crippen molar-refractivity contribution in [3.63, 3.8) is 0 Å². The molecule has 198 valence electrons. The van der Waals surface area contributed by atoms with E-state index >= 15 is 0 Å². The van der Waals surface area contributed by atoms with Gasteiger partial charge in [0.25, 0.3) is 0 Å². The Hall–Kier alpha value is -1.72. The predicted octanol–water partition coefficient (Wildman–Crippen LogP) is 7.24. The molecule has 0 atom stereocenters. The second-order valence-electron chi connectivity index (χ2n) is 10.2. The predicted molar refractivity (Wildman–Crippen MR) is 141 cm³/mol. The molecule has 0 radical (unpaired) electrons. The molecule has 35 heavy (non-hydrogen) atoms. The van der Waals surface area contributed by atoms with Crippen molar-refractivity contribution in [2.45, 2.75) is 117 Å². The number of rotatable bonds is 19. The summed E-state index contributed by atoms with van der Waals surface area (Å²) in [4.78, 5) is 11.3. The normalized spacial score (nSPS) is 17.9. The Bertz CT molecular complexity index is 695. The largest absolute Gasteiger partial charge is 0.462 e. The Morgan fingerprint density at radius 2 is 1.49 bits per heavy atom. The summed E-state index contributed by atoms with van der Waals surface area (Å²) < 4.78 is 19.4. The van der Waals surface area contributed by atoms with Gasteiger partial charge in [-0.1, -0.05) is 71.3 Å². The highest BCUT2D eigenvalue weighted by molar-refractivity contribution is 5.86. The van der Waals surface area contributed by atoms with Crippen LogP contribution in [0.1, 0.15) is 116 Å². The van der Waals surface area contributed by atoms with Gasteiger partial charge in [-0.25, -0.2) is 9.36 Å². The highest BCUT2D eigenvalue weighted by Gasteiger charge is 2.23. The van der Waals surface area contributed by atoms with Gasteiger partial charge >= 0.3 is 5.97 Å². The van der Waals surface area contributed by atoms with Gasteiger partial charge in [-0.15, -0.1) is 0 Å². The molecular formula is C30H50NO4+. The first-order chi connectivity index (χ1) is 17.1. The lowest BCUT2D eigenvalue weighted by atomic mass is 10.0. The first kappa shape index (κ1) is 29.5. The van der Waals surface area contributed by atoms with Crippen molar-refractivity contribution in [3.8, 4) is 0 Å². The molecule has 1 aromatic heterocycles. The molecule has 0 unspecified atom stereocenters. The molecule has 0 aromatic carbocycles. The smallest absolute Gasteiger partial charge is 0.333 e. The van der Waals surface area contributed by atoms with E-state index in [1.807, 2.05) is 0 Å². The Balaban J connectivity index is 1.49. The van der Waals surface area contributed by atoms with Crippen LogP contribution in [0.5, 0.6) is 0 Å². The number of nitrogens with zero attached hydrogens (tertiary/aromatic N) is 1. The van der Waals surface area contributed by atoms with Crippen molar-refractivity contribution in [3.05, 3.63) is 42.2 Å². The number of hydrogen-bond donors (Lipinski definition) is 0. The summed E-state index contributed by atoms with van der Waals surface area (Å²) in [6.07, 6.45) is 21.8. The zero-order chi connectivity index (χ0) is 25.1. The van der Waals surface area contributed by atoms with Crippen molar-refractivity contribution in [2.75, 3.05) is 19.8 Å². The van der Waals surface area contributed by atoms with Crippen LogP contribution < -0.4 is 4.57 Å². The van der Waals surface area contributed by atoms with Crippen LogP contribution in [0.25, 0.3) is 0 Å². The number of esters is 1. The van der Waals surface area contributed by atoms with E-state index in [2.05, 4.69) is 42.6 Å². The van der Waals surface area contributed by atoms with Crippen LogP contribution in [0.15, 0.2) is 36.7 Å². The molecule has 0 saturated carbocycles. The molecule has 0 bridgehead atoms. The van der Waals surface area contributed by atoms with Crippen LogP contribution >= 0.6 is 0 Å². The fraction of sp³-hybridized carbons (Fsp3) is 0.733. The SMILES string of the molecule is C=C(C)C(=O)OCCCCCC[n+]1ccc(C2OCC(CCCCCCCCCCC)CO2)cc1. The Kier molecular flexibility index (Phi) is 15.6. The van der Waals surface area contributed by atoms with Crippen molar-refractivity contribution < 1.29 is 23.6 Å². The number of unbranched alkanes of at least 4 members (excludes halogenated alkanes) is 11. The van der Waals surface area contributed by atoms with E-state index in [1.165, 1.54) is 64.2 Å². The standard InChI is InChI=1S/C30H50NO4/c1-4-5-6-7-8-9-10-11-14-17-27-24-34-30(35-25-27)28-18-21-31(22-19-28)20-15-12-13-16-23-33-29(32)26(2)3/h18-19,21-22,27,30H,2,4-17,20,23-25H2,1,3H3/q+1. The van der Waals surface area contributed by atoms with Gasteiger partial charge in [0.1, 0.15) is 6.54 Å². The number of carbonyl (C=O) groups is 1. The molecule has 1 aromatic rings. The summed E-state index contributed by atoms with van der Waals surface area (Å²) in [6, 6.07) is 4.23. The van der Waals surface area contributed by atoms with Gasteiger partial charge in [-0.3, -0.25) is 0 Å². The van der Waals surface area contributed by atoms with Gasteiger partial charge in [0.15, 0.2) is 18.7 Å². The van der Waals surface area contributed by atoms with E-state index in [-0.39, 0.29) is 12.3 Å².